The molecule has 2 unspecified atom stereocenters. The van der Waals surface area contributed by atoms with Crippen LogP contribution < -0.4 is 5.32 Å². The highest BCUT2D eigenvalue weighted by Crippen LogP contribution is 2.19. The third kappa shape index (κ3) is 2.56. The van der Waals surface area contributed by atoms with Gasteiger partial charge in [-0.25, -0.2) is 4.39 Å². The maximum Gasteiger partial charge on any atom is 0.139 e. The Morgan fingerprint density at radius 3 is 3.27 bits per heavy atom. The van der Waals surface area contributed by atoms with Crippen LogP contribution in [-0.2, 0) is 6.54 Å². The average Bonchev–Trinajstić information content (AvgIpc) is 2.67. The summed E-state index contributed by atoms with van der Waals surface area (Å²) in [6.07, 6.45) is 3.19. The fourth-order valence-corrected chi connectivity index (χ4v) is 2.16. The van der Waals surface area contributed by atoms with Gasteiger partial charge in [-0.3, -0.25) is 4.68 Å². The summed E-state index contributed by atoms with van der Waals surface area (Å²) in [4.78, 5) is 0. The highest BCUT2D eigenvalue weighted by Gasteiger charge is 2.16. The number of halogens is 1. The Labute approximate surface area is 89.7 Å². The van der Waals surface area contributed by atoms with E-state index in [0.29, 0.717) is 11.6 Å². The molecule has 2 atom stereocenters. The Balaban J connectivity index is 1.99. The molecule has 1 saturated heterocycles. The van der Waals surface area contributed by atoms with E-state index >= 15 is 0 Å². The molecule has 1 aromatic rings. The van der Waals surface area contributed by atoms with Gasteiger partial charge in [0.2, 0.25) is 0 Å². The molecule has 1 aliphatic rings. The van der Waals surface area contributed by atoms with Gasteiger partial charge in [0.15, 0.2) is 0 Å². The van der Waals surface area contributed by atoms with E-state index in [1.807, 2.05) is 4.68 Å². The number of hydrogen-bond donors (Lipinski definition) is 1. The summed E-state index contributed by atoms with van der Waals surface area (Å²) in [5, 5.41) is 7.54. The van der Waals surface area contributed by atoms with Crippen molar-refractivity contribution < 1.29 is 4.39 Å². The molecule has 1 fully saturated rings. The average molecular weight is 211 g/mol. The van der Waals surface area contributed by atoms with Gasteiger partial charge in [-0.1, -0.05) is 0 Å². The molecule has 2 rings (SSSR count). The van der Waals surface area contributed by atoms with Crippen LogP contribution >= 0.6 is 0 Å². The van der Waals surface area contributed by atoms with Crippen molar-refractivity contribution in [3.05, 3.63) is 18.0 Å². The summed E-state index contributed by atoms with van der Waals surface area (Å²) in [7, 11) is 0. The molecule has 0 aromatic carbocycles. The molecular weight excluding hydrogens is 193 g/mol. The molecule has 1 N–H and O–H groups in total. The second kappa shape index (κ2) is 4.75. The summed E-state index contributed by atoms with van der Waals surface area (Å²) in [5.41, 5.74) is 0.695. The lowest BCUT2D eigenvalue weighted by Crippen LogP contribution is -2.32. The van der Waals surface area contributed by atoms with Crippen molar-refractivity contribution in [3.8, 4) is 0 Å². The number of aromatic nitrogens is 2. The third-order valence-corrected chi connectivity index (χ3v) is 2.99. The van der Waals surface area contributed by atoms with Gasteiger partial charge in [0.1, 0.15) is 6.17 Å². The van der Waals surface area contributed by atoms with E-state index in [4.69, 9.17) is 0 Å². The second-order valence-corrected chi connectivity index (χ2v) is 4.27. The molecule has 1 aromatic heterocycles. The molecule has 0 radical (unpaired) electrons. The number of rotatable bonds is 3. The standard InChI is InChI=1S/C11H18FN3/c1-9(12)11-4-6-14-15(11)8-10-3-2-5-13-7-10/h4,6,9-10,13H,2-3,5,7-8H2,1H3. The first-order valence-corrected chi connectivity index (χ1v) is 5.64. The molecule has 0 saturated carbocycles. The number of alkyl halides is 1. The minimum Gasteiger partial charge on any atom is -0.316 e. The van der Waals surface area contributed by atoms with Gasteiger partial charge >= 0.3 is 0 Å². The highest BCUT2D eigenvalue weighted by molar-refractivity contribution is 5.03. The molecule has 15 heavy (non-hydrogen) atoms. The van der Waals surface area contributed by atoms with Crippen LogP contribution in [0, 0.1) is 5.92 Å². The van der Waals surface area contributed by atoms with Crippen LogP contribution in [0.15, 0.2) is 12.3 Å². The predicted molar refractivity (Wildman–Crippen MR) is 57.3 cm³/mol. The van der Waals surface area contributed by atoms with Crippen LogP contribution in [-0.4, -0.2) is 22.9 Å². The minimum atomic E-state index is -0.927. The van der Waals surface area contributed by atoms with Gasteiger partial charge in [-0.2, -0.15) is 5.10 Å². The quantitative estimate of drug-likeness (QED) is 0.827. The maximum atomic E-state index is 13.2. The normalized spacial score (nSPS) is 24.0. The molecule has 3 nitrogen and oxygen atoms in total. The van der Waals surface area contributed by atoms with E-state index in [1.54, 1.807) is 19.2 Å². The van der Waals surface area contributed by atoms with Crippen LogP contribution in [0.5, 0.6) is 0 Å². The smallest absolute Gasteiger partial charge is 0.139 e. The summed E-state index contributed by atoms with van der Waals surface area (Å²) in [6, 6.07) is 1.76. The maximum absolute atomic E-state index is 13.2. The monoisotopic (exact) mass is 211 g/mol. The molecule has 2 heterocycles. The van der Waals surface area contributed by atoms with E-state index < -0.39 is 6.17 Å². The molecule has 84 valence electrons. The zero-order valence-corrected chi connectivity index (χ0v) is 9.12. The Morgan fingerprint density at radius 2 is 2.60 bits per heavy atom. The first-order valence-electron chi connectivity index (χ1n) is 5.64. The Morgan fingerprint density at radius 1 is 1.73 bits per heavy atom. The van der Waals surface area contributed by atoms with Crippen molar-refractivity contribution in [2.75, 3.05) is 13.1 Å². The SMILES string of the molecule is CC(F)c1ccnn1CC1CCCNC1. The van der Waals surface area contributed by atoms with E-state index in [9.17, 15) is 4.39 Å². The van der Waals surface area contributed by atoms with E-state index in [0.717, 1.165) is 19.6 Å². The van der Waals surface area contributed by atoms with Crippen molar-refractivity contribution in [2.24, 2.45) is 5.92 Å². The van der Waals surface area contributed by atoms with E-state index in [1.165, 1.54) is 12.8 Å². The predicted octanol–water partition coefficient (Wildman–Crippen LogP) is 1.91. The van der Waals surface area contributed by atoms with Crippen LogP contribution in [0.1, 0.15) is 31.6 Å². The van der Waals surface area contributed by atoms with Gasteiger partial charge < -0.3 is 5.32 Å². The Hall–Kier alpha value is -0.900. The molecule has 4 heteroatoms. The molecule has 0 amide bonds. The van der Waals surface area contributed by atoms with Crippen molar-refractivity contribution in [1.29, 1.82) is 0 Å². The zero-order valence-electron chi connectivity index (χ0n) is 9.12. The Kier molecular flexibility index (Phi) is 3.36. The molecule has 1 aliphatic heterocycles. The Bertz CT molecular complexity index is 303. The number of piperidine rings is 1. The first-order chi connectivity index (χ1) is 7.27. The summed E-state index contributed by atoms with van der Waals surface area (Å²) in [6.45, 7) is 4.54. The van der Waals surface area contributed by atoms with Gasteiger partial charge in [-0.15, -0.1) is 0 Å². The highest BCUT2D eigenvalue weighted by atomic mass is 19.1. The van der Waals surface area contributed by atoms with Crippen LogP contribution in [0.2, 0.25) is 0 Å². The first kappa shape index (κ1) is 10.6. The van der Waals surface area contributed by atoms with Crippen LogP contribution in [0.25, 0.3) is 0 Å². The summed E-state index contributed by atoms with van der Waals surface area (Å²) >= 11 is 0. The molecule has 0 spiro atoms. The largest absolute Gasteiger partial charge is 0.316 e. The lowest BCUT2D eigenvalue weighted by atomic mass is 10.00. The second-order valence-electron chi connectivity index (χ2n) is 4.27. The van der Waals surface area contributed by atoms with Crippen molar-refractivity contribution in [3.63, 3.8) is 0 Å². The van der Waals surface area contributed by atoms with Gasteiger partial charge in [0, 0.05) is 12.7 Å². The van der Waals surface area contributed by atoms with Gasteiger partial charge in [0.05, 0.1) is 5.69 Å². The van der Waals surface area contributed by atoms with E-state index in [-0.39, 0.29) is 0 Å². The van der Waals surface area contributed by atoms with Crippen LogP contribution in [0.4, 0.5) is 4.39 Å². The number of hydrogen-bond acceptors (Lipinski definition) is 2. The molecule has 0 aliphatic carbocycles. The van der Waals surface area contributed by atoms with Crippen molar-refractivity contribution >= 4 is 0 Å². The molecular formula is C11H18FN3. The van der Waals surface area contributed by atoms with Crippen LogP contribution in [0.3, 0.4) is 0 Å². The topological polar surface area (TPSA) is 29.9 Å². The minimum absolute atomic E-state index is 0.594. The van der Waals surface area contributed by atoms with Crippen molar-refractivity contribution in [2.45, 2.75) is 32.5 Å². The summed E-state index contributed by atoms with van der Waals surface area (Å²) < 4.78 is 15.0. The number of nitrogens with one attached hydrogen (secondary N) is 1. The fraction of sp³-hybridized carbons (Fsp3) is 0.727. The summed E-state index contributed by atoms with van der Waals surface area (Å²) in [5.74, 6) is 0.594. The third-order valence-electron chi connectivity index (χ3n) is 2.99. The van der Waals surface area contributed by atoms with Gasteiger partial charge in [-0.05, 0) is 44.8 Å². The zero-order chi connectivity index (χ0) is 10.7. The van der Waals surface area contributed by atoms with E-state index in [2.05, 4.69) is 10.4 Å². The molecule has 0 bridgehead atoms. The van der Waals surface area contributed by atoms with Crippen molar-refractivity contribution in [1.82, 2.24) is 15.1 Å². The fourth-order valence-electron chi connectivity index (χ4n) is 2.16. The lowest BCUT2D eigenvalue weighted by molar-refractivity contribution is 0.296. The number of nitrogens with zero attached hydrogens (tertiary/aromatic N) is 2. The van der Waals surface area contributed by atoms with Gasteiger partial charge in [0.25, 0.3) is 0 Å². The lowest BCUT2D eigenvalue weighted by Gasteiger charge is -2.23.